The number of anilines is 3. The molecule has 0 spiro atoms. The third kappa shape index (κ3) is 5.98. The summed E-state index contributed by atoms with van der Waals surface area (Å²) in [4.78, 5) is 2.36. The van der Waals surface area contributed by atoms with Gasteiger partial charge in [-0.15, -0.1) is 0 Å². The molecule has 61 heavy (non-hydrogen) atoms. The van der Waals surface area contributed by atoms with Crippen molar-refractivity contribution in [2.75, 3.05) is 4.90 Å². The largest absolute Gasteiger partial charge is 0.455 e. The van der Waals surface area contributed by atoms with Crippen molar-refractivity contribution in [1.82, 2.24) is 4.57 Å². The van der Waals surface area contributed by atoms with E-state index in [9.17, 15) is 0 Å². The fraction of sp³-hybridized carbons (Fsp3) is 0. The van der Waals surface area contributed by atoms with Gasteiger partial charge >= 0.3 is 0 Å². The minimum absolute atomic E-state index is 0.903. The lowest BCUT2D eigenvalue weighted by atomic mass is 9.97. The number of aromatic nitrogens is 1. The molecule has 3 heteroatoms. The quantitative estimate of drug-likeness (QED) is 0.161. The summed E-state index contributed by atoms with van der Waals surface area (Å²) in [5.41, 5.74) is 15.4. The van der Waals surface area contributed by atoms with Crippen molar-refractivity contribution in [2.24, 2.45) is 0 Å². The average Bonchev–Trinajstić information content (AvgIpc) is 3.88. The molecule has 0 saturated carbocycles. The zero-order chi connectivity index (χ0) is 40.3. The number of furan rings is 1. The Morgan fingerprint density at radius 2 is 0.885 bits per heavy atom. The Hall–Kier alpha value is -8.14. The molecule has 0 aliphatic carbocycles. The van der Waals surface area contributed by atoms with Gasteiger partial charge in [-0.3, -0.25) is 0 Å². The van der Waals surface area contributed by atoms with Gasteiger partial charge in [0, 0.05) is 49.9 Å². The van der Waals surface area contributed by atoms with Crippen molar-refractivity contribution in [2.45, 2.75) is 0 Å². The van der Waals surface area contributed by atoms with Crippen LogP contribution in [0.3, 0.4) is 0 Å². The lowest BCUT2D eigenvalue weighted by Gasteiger charge is -2.26. The molecule has 12 aromatic rings. The van der Waals surface area contributed by atoms with Crippen LogP contribution in [0.2, 0.25) is 0 Å². The van der Waals surface area contributed by atoms with Crippen LogP contribution in [0.15, 0.2) is 235 Å². The Morgan fingerprint density at radius 3 is 1.64 bits per heavy atom. The van der Waals surface area contributed by atoms with Gasteiger partial charge in [-0.05, 0) is 111 Å². The number of rotatable bonds is 7. The molecule has 286 valence electrons. The molecule has 3 nitrogen and oxygen atoms in total. The molecule has 0 bridgehead atoms. The molecular weight excluding hydrogens is 741 g/mol. The first-order valence-corrected chi connectivity index (χ1v) is 20.8. The third-order valence-corrected chi connectivity index (χ3v) is 12.2. The van der Waals surface area contributed by atoms with E-state index < -0.39 is 0 Å². The summed E-state index contributed by atoms with van der Waals surface area (Å²) >= 11 is 0. The van der Waals surface area contributed by atoms with E-state index in [0.29, 0.717) is 0 Å². The maximum absolute atomic E-state index is 6.45. The number of para-hydroxylation sites is 4. The van der Waals surface area contributed by atoms with E-state index in [0.717, 1.165) is 55.8 Å². The maximum Gasteiger partial charge on any atom is 0.143 e. The summed E-state index contributed by atoms with van der Waals surface area (Å²) in [6.45, 7) is 0. The zero-order valence-electron chi connectivity index (χ0n) is 33.2. The monoisotopic (exact) mass is 778 g/mol. The van der Waals surface area contributed by atoms with Crippen molar-refractivity contribution in [3.8, 4) is 39.1 Å². The Morgan fingerprint density at radius 1 is 0.328 bits per heavy atom. The van der Waals surface area contributed by atoms with Crippen molar-refractivity contribution in [3.05, 3.63) is 231 Å². The van der Waals surface area contributed by atoms with E-state index in [2.05, 4.69) is 228 Å². The van der Waals surface area contributed by atoms with E-state index >= 15 is 0 Å². The number of hydrogen-bond acceptors (Lipinski definition) is 2. The van der Waals surface area contributed by atoms with E-state index in [1.54, 1.807) is 0 Å². The Labute approximate surface area is 353 Å². The van der Waals surface area contributed by atoms with Gasteiger partial charge < -0.3 is 13.9 Å². The molecule has 12 rings (SSSR count). The molecule has 2 aromatic heterocycles. The van der Waals surface area contributed by atoms with Gasteiger partial charge in [0.1, 0.15) is 11.2 Å². The highest BCUT2D eigenvalue weighted by Gasteiger charge is 2.18. The van der Waals surface area contributed by atoms with Crippen molar-refractivity contribution in [3.63, 3.8) is 0 Å². The van der Waals surface area contributed by atoms with Crippen LogP contribution < -0.4 is 4.90 Å². The number of benzene rings is 10. The molecule has 2 heterocycles. The predicted molar refractivity (Wildman–Crippen MR) is 257 cm³/mol. The molecule has 0 aliphatic rings. The fourth-order valence-corrected chi connectivity index (χ4v) is 9.23. The first-order chi connectivity index (χ1) is 30.2. The van der Waals surface area contributed by atoms with Crippen molar-refractivity contribution in [1.29, 1.82) is 0 Å². The minimum atomic E-state index is 0.903. The van der Waals surface area contributed by atoms with Crippen molar-refractivity contribution >= 4 is 71.6 Å². The summed E-state index contributed by atoms with van der Waals surface area (Å²) in [7, 11) is 0. The minimum Gasteiger partial charge on any atom is -0.455 e. The van der Waals surface area contributed by atoms with Gasteiger partial charge in [-0.25, -0.2) is 0 Å². The van der Waals surface area contributed by atoms with E-state index in [-0.39, 0.29) is 0 Å². The molecule has 0 atom stereocenters. The third-order valence-electron chi connectivity index (χ3n) is 12.2. The highest BCUT2D eigenvalue weighted by molar-refractivity contribution is 6.10. The van der Waals surface area contributed by atoms with Crippen LogP contribution in [0, 0.1) is 0 Å². The van der Waals surface area contributed by atoms with Crippen LogP contribution in [0.25, 0.3) is 93.6 Å². The Kier molecular flexibility index (Phi) is 8.17. The SMILES string of the molecule is c1cc(-c2ccc(N(c3ccc(-c4cccc5c4oc4ccccc45)cc3)c3cccc(-n4c5ccccc5c5ccccc54)c3)cc2)cc(-c2ccc3ccccc3c2)c1. The highest BCUT2D eigenvalue weighted by Crippen LogP contribution is 2.41. The molecule has 0 radical (unpaired) electrons. The van der Waals surface area contributed by atoms with Gasteiger partial charge in [-0.2, -0.15) is 0 Å². The van der Waals surface area contributed by atoms with Gasteiger partial charge in [0.25, 0.3) is 0 Å². The summed E-state index contributed by atoms with van der Waals surface area (Å²) in [6, 6.07) is 82.9. The van der Waals surface area contributed by atoms with Crippen LogP contribution >= 0.6 is 0 Å². The average molecular weight is 779 g/mol. The van der Waals surface area contributed by atoms with Gasteiger partial charge in [0.15, 0.2) is 0 Å². The molecule has 0 saturated heterocycles. The Balaban J connectivity index is 0.962. The van der Waals surface area contributed by atoms with Crippen LogP contribution in [0.4, 0.5) is 17.1 Å². The second kappa shape index (κ2) is 14.3. The lowest BCUT2D eigenvalue weighted by molar-refractivity contribution is 0.670. The Bertz CT molecular complexity index is 3540. The van der Waals surface area contributed by atoms with E-state index in [4.69, 9.17) is 4.42 Å². The molecule has 0 N–H and O–H groups in total. The second-order valence-corrected chi connectivity index (χ2v) is 15.7. The summed E-state index contributed by atoms with van der Waals surface area (Å²) in [5.74, 6) is 0. The number of nitrogens with zero attached hydrogens (tertiary/aromatic N) is 2. The standard InChI is InChI=1S/C58H38N2O/c1-2-13-42-37-45(27-26-39(42)12-1)44-15-9-14-43(36-44)40-28-32-46(33-29-40)59(47-34-30-41(31-35-47)50-21-11-22-54-53-20-5-8-25-57(53)61-58(50)54)48-16-10-17-49(38-48)60-55-23-6-3-18-51(55)52-19-4-7-24-56(52)60/h1-38H. The molecule has 0 unspecified atom stereocenters. The zero-order valence-corrected chi connectivity index (χ0v) is 33.2. The number of fused-ring (bicyclic) bond motifs is 7. The summed E-state index contributed by atoms with van der Waals surface area (Å²) in [6.07, 6.45) is 0. The van der Waals surface area contributed by atoms with Crippen LogP contribution in [0.5, 0.6) is 0 Å². The summed E-state index contributed by atoms with van der Waals surface area (Å²) < 4.78 is 8.83. The molecule has 10 aromatic carbocycles. The van der Waals surface area contributed by atoms with Crippen LogP contribution in [0.1, 0.15) is 0 Å². The van der Waals surface area contributed by atoms with E-state index in [1.807, 2.05) is 12.1 Å². The smallest absolute Gasteiger partial charge is 0.143 e. The van der Waals surface area contributed by atoms with E-state index in [1.165, 1.54) is 54.8 Å². The molecule has 0 aliphatic heterocycles. The van der Waals surface area contributed by atoms with Crippen LogP contribution in [-0.2, 0) is 0 Å². The number of hydrogen-bond donors (Lipinski definition) is 0. The first kappa shape index (κ1) is 34.9. The normalized spacial score (nSPS) is 11.6. The maximum atomic E-state index is 6.45. The lowest BCUT2D eigenvalue weighted by Crippen LogP contribution is -2.10. The molecular formula is C58H38N2O. The fourth-order valence-electron chi connectivity index (χ4n) is 9.23. The first-order valence-electron chi connectivity index (χ1n) is 20.8. The van der Waals surface area contributed by atoms with Crippen LogP contribution in [-0.4, -0.2) is 4.57 Å². The predicted octanol–water partition coefficient (Wildman–Crippen LogP) is 16.3. The molecule has 0 amide bonds. The highest BCUT2D eigenvalue weighted by atomic mass is 16.3. The van der Waals surface area contributed by atoms with Gasteiger partial charge in [-0.1, -0.05) is 158 Å². The molecule has 0 fully saturated rings. The van der Waals surface area contributed by atoms with Crippen molar-refractivity contribution < 1.29 is 4.42 Å². The van der Waals surface area contributed by atoms with Gasteiger partial charge in [0.2, 0.25) is 0 Å². The van der Waals surface area contributed by atoms with Gasteiger partial charge in [0.05, 0.1) is 11.0 Å². The summed E-state index contributed by atoms with van der Waals surface area (Å²) in [5, 5.41) is 7.25. The topological polar surface area (TPSA) is 21.3 Å². The second-order valence-electron chi connectivity index (χ2n) is 15.7.